The molecule has 1 aromatic heterocycles. The summed E-state index contributed by atoms with van der Waals surface area (Å²) in [5.74, 6) is -3.78. The number of ether oxygens (including phenoxy) is 4. The summed E-state index contributed by atoms with van der Waals surface area (Å²) in [6, 6.07) is 19.5. The van der Waals surface area contributed by atoms with E-state index in [-0.39, 0.29) is 45.3 Å². The molecule has 14 nitrogen and oxygen atoms in total. The Morgan fingerprint density at radius 2 is 1.23 bits per heavy atom. The van der Waals surface area contributed by atoms with E-state index in [1.807, 2.05) is 0 Å². The van der Waals surface area contributed by atoms with Gasteiger partial charge in [-0.3, -0.25) is 4.79 Å². The molecule has 2 heterocycles. The maximum absolute atomic E-state index is 13.1. The van der Waals surface area contributed by atoms with Crippen LogP contribution in [0.4, 0.5) is 0 Å². The van der Waals surface area contributed by atoms with E-state index in [2.05, 4.69) is 0 Å². The van der Waals surface area contributed by atoms with Crippen molar-refractivity contribution in [2.75, 3.05) is 0 Å². The summed E-state index contributed by atoms with van der Waals surface area (Å²) in [7, 11) is 0. The Hall–Kier alpha value is -6.77. The molecule has 1 saturated heterocycles. The maximum Gasteiger partial charge on any atom is 0.331 e. The normalized spacial score (nSPS) is 20.1. The molecule has 0 amide bonds. The highest BCUT2D eigenvalue weighted by atomic mass is 16.7. The third-order valence-corrected chi connectivity index (χ3v) is 8.18. The van der Waals surface area contributed by atoms with Gasteiger partial charge in [0.25, 0.3) is 0 Å². The highest BCUT2D eigenvalue weighted by Gasteiger charge is 2.49. The van der Waals surface area contributed by atoms with Crippen molar-refractivity contribution in [2.45, 2.75) is 37.6 Å². The molecule has 4 aromatic carbocycles. The van der Waals surface area contributed by atoms with E-state index in [1.54, 1.807) is 24.3 Å². The standard InChI is InChI=1S/C39H32O14/c1-20-33(46)37(52-30(44)16-6-21-2-10-24(40)11-3-21)38(53-31(45)17-7-22-4-12-25(41)13-5-22)39(49-20)50-27-18-28(43)32-29(19-27)51-36(35(48)34(32)47)23-8-14-26(42)15-9-23/h2-20,33,37-43,46,48H,1H3/b16-6+,17-7+/t20-,33-,37+,38+,39-/m0/s1. The third-order valence-electron chi connectivity index (χ3n) is 8.18. The molecule has 272 valence electrons. The Morgan fingerprint density at radius 1 is 0.717 bits per heavy atom. The van der Waals surface area contributed by atoms with Gasteiger partial charge in [0, 0.05) is 29.8 Å². The molecule has 1 aliphatic rings. The van der Waals surface area contributed by atoms with E-state index in [9.17, 15) is 45.0 Å². The molecule has 5 aromatic rings. The molecule has 14 heteroatoms. The van der Waals surface area contributed by atoms with Crippen LogP contribution in [0.2, 0.25) is 0 Å². The minimum atomic E-state index is -1.62. The van der Waals surface area contributed by atoms with Gasteiger partial charge in [-0.05, 0) is 78.7 Å². The third kappa shape index (κ3) is 8.25. The first-order valence-corrected chi connectivity index (χ1v) is 16.0. The van der Waals surface area contributed by atoms with E-state index < -0.39 is 59.6 Å². The smallest absolute Gasteiger partial charge is 0.331 e. The molecule has 6 N–H and O–H groups in total. The van der Waals surface area contributed by atoms with Crippen LogP contribution >= 0.6 is 0 Å². The van der Waals surface area contributed by atoms with Gasteiger partial charge in [-0.15, -0.1) is 0 Å². The predicted molar refractivity (Wildman–Crippen MR) is 188 cm³/mol. The first-order chi connectivity index (χ1) is 25.4. The van der Waals surface area contributed by atoms with Gasteiger partial charge in [0.05, 0.1) is 6.10 Å². The largest absolute Gasteiger partial charge is 0.508 e. The molecular weight excluding hydrogens is 692 g/mol. The van der Waals surface area contributed by atoms with Gasteiger partial charge < -0.3 is 54.0 Å². The lowest BCUT2D eigenvalue weighted by atomic mass is 9.99. The van der Waals surface area contributed by atoms with Crippen molar-refractivity contribution in [2.24, 2.45) is 0 Å². The number of carbonyl (C=O) groups excluding carboxylic acids is 2. The summed E-state index contributed by atoms with van der Waals surface area (Å²) in [5.41, 5.74) is 0.147. The summed E-state index contributed by atoms with van der Waals surface area (Å²) < 4.78 is 29.0. The minimum absolute atomic E-state index is 0.0173. The van der Waals surface area contributed by atoms with Crippen LogP contribution in [0.3, 0.4) is 0 Å². The van der Waals surface area contributed by atoms with Crippen molar-refractivity contribution >= 4 is 35.1 Å². The van der Waals surface area contributed by atoms with Crippen molar-refractivity contribution in [3.8, 4) is 45.8 Å². The van der Waals surface area contributed by atoms with E-state index in [0.29, 0.717) is 11.1 Å². The first kappa shape index (κ1) is 36.0. The van der Waals surface area contributed by atoms with Crippen molar-refractivity contribution < 1.29 is 63.6 Å². The number of hydrogen-bond donors (Lipinski definition) is 6. The van der Waals surface area contributed by atoms with E-state index in [4.69, 9.17) is 23.4 Å². The zero-order chi connectivity index (χ0) is 37.8. The van der Waals surface area contributed by atoms with E-state index >= 15 is 0 Å². The predicted octanol–water partition coefficient (Wildman–Crippen LogP) is 4.72. The zero-order valence-electron chi connectivity index (χ0n) is 27.7. The Bertz CT molecular complexity index is 2240. The number of aliphatic hydroxyl groups excluding tert-OH is 1. The number of aliphatic hydroxyl groups is 1. The van der Waals surface area contributed by atoms with Crippen LogP contribution in [0.5, 0.6) is 34.5 Å². The van der Waals surface area contributed by atoms with Crippen LogP contribution in [0, 0.1) is 0 Å². The quantitative estimate of drug-likeness (QED) is 0.0894. The summed E-state index contributed by atoms with van der Waals surface area (Å²) in [5, 5.41) is 61.0. The maximum atomic E-state index is 13.1. The van der Waals surface area contributed by atoms with Gasteiger partial charge in [0.2, 0.25) is 23.6 Å². The average Bonchev–Trinajstić information content (AvgIpc) is 3.13. The number of rotatable bonds is 9. The number of fused-ring (bicyclic) bond motifs is 1. The monoisotopic (exact) mass is 724 g/mol. The fourth-order valence-electron chi connectivity index (χ4n) is 5.46. The lowest BCUT2D eigenvalue weighted by Crippen LogP contribution is -2.61. The van der Waals surface area contributed by atoms with Gasteiger partial charge in [0.15, 0.2) is 11.9 Å². The molecule has 1 fully saturated rings. The highest BCUT2D eigenvalue weighted by molar-refractivity contribution is 5.89. The number of phenols is 4. The fraction of sp³-hybridized carbons (Fsp3) is 0.154. The molecule has 1 aliphatic heterocycles. The Kier molecular flexibility index (Phi) is 10.4. The molecule has 0 unspecified atom stereocenters. The Morgan fingerprint density at radius 3 is 1.77 bits per heavy atom. The van der Waals surface area contributed by atoms with Gasteiger partial charge in [-0.25, -0.2) is 9.59 Å². The average molecular weight is 725 g/mol. The zero-order valence-corrected chi connectivity index (χ0v) is 27.7. The second kappa shape index (κ2) is 15.2. The lowest BCUT2D eigenvalue weighted by Gasteiger charge is -2.42. The second-order valence-corrected chi connectivity index (χ2v) is 11.9. The molecule has 0 radical (unpaired) electrons. The first-order valence-electron chi connectivity index (χ1n) is 16.0. The molecule has 53 heavy (non-hydrogen) atoms. The van der Waals surface area contributed by atoms with Crippen molar-refractivity contribution in [1.29, 1.82) is 0 Å². The molecule has 5 atom stereocenters. The number of esters is 2. The molecule has 0 saturated carbocycles. The number of phenolic OH excluding ortho intramolecular Hbond substituents is 4. The highest BCUT2D eigenvalue weighted by Crippen LogP contribution is 2.37. The number of carbonyl (C=O) groups is 2. The van der Waals surface area contributed by atoms with Crippen molar-refractivity contribution in [3.05, 3.63) is 118 Å². The van der Waals surface area contributed by atoms with Gasteiger partial charge >= 0.3 is 11.9 Å². The minimum Gasteiger partial charge on any atom is -0.508 e. The Balaban J connectivity index is 1.33. The van der Waals surface area contributed by atoms with E-state index in [0.717, 1.165) is 18.2 Å². The van der Waals surface area contributed by atoms with Crippen molar-refractivity contribution in [1.82, 2.24) is 0 Å². The van der Waals surface area contributed by atoms with Crippen LogP contribution in [0.25, 0.3) is 34.4 Å². The summed E-state index contributed by atoms with van der Waals surface area (Å²) in [4.78, 5) is 39.3. The van der Waals surface area contributed by atoms with Crippen LogP contribution in [0.1, 0.15) is 18.1 Å². The summed E-state index contributed by atoms with van der Waals surface area (Å²) >= 11 is 0. The topological polar surface area (TPSA) is 223 Å². The fourth-order valence-corrected chi connectivity index (χ4v) is 5.46. The summed E-state index contributed by atoms with van der Waals surface area (Å²) in [6.07, 6.45) is -2.43. The molecular formula is C39H32O14. The van der Waals surface area contributed by atoms with Crippen LogP contribution < -0.4 is 10.2 Å². The van der Waals surface area contributed by atoms with Crippen LogP contribution in [0.15, 0.2) is 106 Å². The number of benzene rings is 4. The number of hydrogen-bond acceptors (Lipinski definition) is 14. The summed E-state index contributed by atoms with van der Waals surface area (Å²) in [6.45, 7) is 1.46. The molecule has 0 spiro atoms. The number of aromatic hydroxyl groups is 5. The Labute approximate surface area is 300 Å². The van der Waals surface area contributed by atoms with E-state index in [1.165, 1.54) is 73.7 Å². The van der Waals surface area contributed by atoms with Crippen molar-refractivity contribution in [3.63, 3.8) is 0 Å². The van der Waals surface area contributed by atoms with Crippen LogP contribution in [-0.2, 0) is 23.8 Å². The molecule has 0 aliphatic carbocycles. The lowest BCUT2D eigenvalue weighted by molar-refractivity contribution is -0.275. The van der Waals surface area contributed by atoms with Crippen LogP contribution in [-0.4, -0.2) is 73.3 Å². The second-order valence-electron chi connectivity index (χ2n) is 11.9. The molecule has 6 rings (SSSR count). The van der Waals surface area contributed by atoms with Gasteiger partial charge in [-0.2, -0.15) is 0 Å². The van der Waals surface area contributed by atoms with Gasteiger partial charge in [0.1, 0.15) is 45.8 Å². The van der Waals surface area contributed by atoms with Gasteiger partial charge in [-0.1, -0.05) is 24.3 Å². The SMILES string of the molecule is C[C@@H]1O[C@@H](Oc2cc(O)c3c(=O)c(O)c(-c4ccc(O)cc4)oc3c2)[C@H](OC(=O)/C=C/c2ccc(O)cc2)[C@H](OC(=O)/C=C/c2ccc(O)cc2)[C@H]1O. The molecule has 0 bridgehead atoms.